The molecule has 3 rings (SSSR count). The van der Waals surface area contributed by atoms with Gasteiger partial charge in [-0.25, -0.2) is 0 Å². The zero-order chi connectivity index (χ0) is 17.1. The number of nitrogens with one attached hydrogen (secondary N) is 2. The van der Waals surface area contributed by atoms with E-state index in [1.165, 1.54) is 12.1 Å². The van der Waals surface area contributed by atoms with Gasteiger partial charge in [0.15, 0.2) is 0 Å². The van der Waals surface area contributed by atoms with Gasteiger partial charge in [0.1, 0.15) is 6.04 Å². The molecule has 9 heteroatoms. The zero-order valence-electron chi connectivity index (χ0n) is 13.2. The van der Waals surface area contributed by atoms with Gasteiger partial charge in [0, 0.05) is 25.2 Å². The van der Waals surface area contributed by atoms with Crippen LogP contribution in [0.4, 0.5) is 5.00 Å². The normalized spacial score (nSPS) is 23.9. The molecule has 2 aliphatic heterocycles. The van der Waals surface area contributed by atoms with Crippen molar-refractivity contribution in [2.24, 2.45) is 0 Å². The van der Waals surface area contributed by atoms with Gasteiger partial charge in [0.2, 0.25) is 5.91 Å². The van der Waals surface area contributed by atoms with Crippen molar-refractivity contribution in [2.45, 2.75) is 37.8 Å². The molecule has 130 valence electrons. The SMILES string of the molecule is O=C(NC1CCCNC1)C1CCCN1C(=O)c1ccc([N+](=O)[O-])s1. The number of piperidine rings is 1. The Balaban J connectivity index is 1.66. The van der Waals surface area contributed by atoms with E-state index in [0.717, 1.165) is 43.7 Å². The number of hydrogen-bond donors (Lipinski definition) is 2. The first-order valence-corrected chi connectivity index (χ1v) is 8.94. The lowest BCUT2D eigenvalue weighted by Crippen LogP contribution is -2.52. The molecule has 3 heterocycles. The lowest BCUT2D eigenvalue weighted by atomic mass is 10.1. The van der Waals surface area contributed by atoms with Crippen LogP contribution in [0.1, 0.15) is 35.4 Å². The Hall–Kier alpha value is -2.00. The molecule has 0 bridgehead atoms. The van der Waals surface area contributed by atoms with E-state index < -0.39 is 11.0 Å². The Labute approximate surface area is 143 Å². The summed E-state index contributed by atoms with van der Waals surface area (Å²) < 4.78 is 0. The van der Waals surface area contributed by atoms with Crippen LogP contribution in [-0.2, 0) is 4.79 Å². The van der Waals surface area contributed by atoms with Gasteiger partial charge in [0.25, 0.3) is 5.91 Å². The summed E-state index contributed by atoms with van der Waals surface area (Å²) in [6.07, 6.45) is 3.36. The Morgan fingerprint density at radius 3 is 2.83 bits per heavy atom. The fraction of sp³-hybridized carbons (Fsp3) is 0.600. The van der Waals surface area contributed by atoms with Crippen molar-refractivity contribution < 1.29 is 14.5 Å². The van der Waals surface area contributed by atoms with Crippen LogP contribution in [0.2, 0.25) is 0 Å². The van der Waals surface area contributed by atoms with Gasteiger partial charge in [0.05, 0.1) is 9.80 Å². The molecule has 24 heavy (non-hydrogen) atoms. The fourth-order valence-electron chi connectivity index (χ4n) is 3.24. The zero-order valence-corrected chi connectivity index (χ0v) is 14.0. The molecule has 2 saturated heterocycles. The van der Waals surface area contributed by atoms with Crippen LogP contribution in [0.5, 0.6) is 0 Å². The average Bonchev–Trinajstić information content (AvgIpc) is 3.25. The van der Waals surface area contributed by atoms with Crippen LogP contribution in [-0.4, -0.2) is 53.4 Å². The number of nitro groups is 1. The molecule has 0 aromatic carbocycles. The summed E-state index contributed by atoms with van der Waals surface area (Å²) in [5.74, 6) is -0.423. The number of nitrogens with zero attached hydrogens (tertiary/aromatic N) is 2. The monoisotopic (exact) mass is 352 g/mol. The largest absolute Gasteiger partial charge is 0.350 e. The first kappa shape index (κ1) is 16.8. The highest BCUT2D eigenvalue weighted by atomic mass is 32.1. The topological polar surface area (TPSA) is 105 Å². The molecule has 0 saturated carbocycles. The number of thiophene rings is 1. The lowest BCUT2D eigenvalue weighted by molar-refractivity contribution is -0.380. The van der Waals surface area contributed by atoms with E-state index >= 15 is 0 Å². The van der Waals surface area contributed by atoms with Crippen molar-refractivity contribution >= 4 is 28.2 Å². The van der Waals surface area contributed by atoms with E-state index in [1.807, 2.05) is 0 Å². The van der Waals surface area contributed by atoms with Crippen molar-refractivity contribution in [3.8, 4) is 0 Å². The van der Waals surface area contributed by atoms with E-state index in [0.29, 0.717) is 17.8 Å². The van der Waals surface area contributed by atoms with Crippen molar-refractivity contribution in [1.82, 2.24) is 15.5 Å². The maximum absolute atomic E-state index is 12.6. The van der Waals surface area contributed by atoms with E-state index in [9.17, 15) is 19.7 Å². The first-order chi connectivity index (χ1) is 11.6. The Morgan fingerprint density at radius 1 is 1.33 bits per heavy atom. The van der Waals surface area contributed by atoms with Crippen molar-refractivity contribution in [2.75, 3.05) is 19.6 Å². The number of rotatable bonds is 4. The van der Waals surface area contributed by atoms with Gasteiger partial charge in [-0.05, 0) is 38.3 Å². The van der Waals surface area contributed by atoms with Crippen molar-refractivity contribution in [3.05, 3.63) is 27.1 Å². The average molecular weight is 352 g/mol. The van der Waals surface area contributed by atoms with Crippen LogP contribution in [0.3, 0.4) is 0 Å². The van der Waals surface area contributed by atoms with Gasteiger partial charge in [-0.2, -0.15) is 0 Å². The first-order valence-electron chi connectivity index (χ1n) is 8.12. The Kier molecular flexibility index (Phi) is 5.10. The quantitative estimate of drug-likeness (QED) is 0.624. The number of carbonyl (C=O) groups is 2. The van der Waals surface area contributed by atoms with Gasteiger partial charge >= 0.3 is 5.00 Å². The maximum Gasteiger partial charge on any atom is 0.324 e. The summed E-state index contributed by atoms with van der Waals surface area (Å²) in [6, 6.07) is 2.41. The van der Waals surface area contributed by atoms with E-state index in [1.54, 1.807) is 4.90 Å². The van der Waals surface area contributed by atoms with Crippen LogP contribution in [0.15, 0.2) is 12.1 Å². The molecule has 0 spiro atoms. The molecule has 1 aromatic rings. The second-order valence-electron chi connectivity index (χ2n) is 6.10. The molecule has 0 radical (unpaired) electrons. The molecule has 2 atom stereocenters. The summed E-state index contributed by atoms with van der Waals surface area (Å²) in [5, 5.41) is 17.0. The minimum Gasteiger partial charge on any atom is -0.350 e. The molecule has 8 nitrogen and oxygen atoms in total. The third kappa shape index (κ3) is 3.57. The van der Waals surface area contributed by atoms with Gasteiger partial charge in [-0.15, -0.1) is 0 Å². The van der Waals surface area contributed by atoms with Crippen molar-refractivity contribution in [1.29, 1.82) is 0 Å². The predicted molar refractivity (Wildman–Crippen MR) is 89.1 cm³/mol. The third-order valence-electron chi connectivity index (χ3n) is 4.44. The minimum absolute atomic E-state index is 0.0631. The van der Waals surface area contributed by atoms with Crippen LogP contribution in [0, 0.1) is 10.1 Å². The molecule has 2 amide bonds. The third-order valence-corrected chi connectivity index (χ3v) is 5.47. The number of amides is 2. The highest BCUT2D eigenvalue weighted by Crippen LogP contribution is 2.28. The van der Waals surface area contributed by atoms with Crippen LogP contribution >= 0.6 is 11.3 Å². The Morgan fingerprint density at radius 2 is 2.17 bits per heavy atom. The van der Waals surface area contributed by atoms with E-state index in [2.05, 4.69) is 10.6 Å². The summed E-state index contributed by atoms with van der Waals surface area (Å²) in [6.45, 7) is 2.23. The summed E-state index contributed by atoms with van der Waals surface area (Å²) in [4.78, 5) is 37.3. The number of carbonyl (C=O) groups excluding carboxylic acids is 2. The number of likely N-dealkylation sites (tertiary alicyclic amines) is 1. The van der Waals surface area contributed by atoms with E-state index in [-0.39, 0.29) is 22.9 Å². The summed E-state index contributed by atoms with van der Waals surface area (Å²) in [5.41, 5.74) is 0. The highest BCUT2D eigenvalue weighted by Gasteiger charge is 2.36. The molecule has 2 N–H and O–H groups in total. The lowest BCUT2D eigenvalue weighted by Gasteiger charge is -2.28. The second-order valence-corrected chi connectivity index (χ2v) is 7.17. The molecular formula is C15H20N4O4S. The number of hydrogen-bond acceptors (Lipinski definition) is 6. The highest BCUT2D eigenvalue weighted by molar-refractivity contribution is 7.17. The maximum atomic E-state index is 12.6. The molecular weight excluding hydrogens is 332 g/mol. The van der Waals surface area contributed by atoms with Gasteiger partial charge in [-0.3, -0.25) is 19.7 Å². The van der Waals surface area contributed by atoms with E-state index in [4.69, 9.17) is 0 Å². The Bertz CT molecular complexity index is 641. The van der Waals surface area contributed by atoms with Gasteiger partial charge in [-0.1, -0.05) is 11.3 Å². The molecule has 0 aliphatic carbocycles. The molecule has 2 aliphatic rings. The van der Waals surface area contributed by atoms with Crippen molar-refractivity contribution in [3.63, 3.8) is 0 Å². The summed E-state index contributed by atoms with van der Waals surface area (Å²) in [7, 11) is 0. The summed E-state index contributed by atoms with van der Waals surface area (Å²) >= 11 is 0.853. The predicted octanol–water partition coefficient (Wildman–Crippen LogP) is 1.13. The van der Waals surface area contributed by atoms with Gasteiger partial charge < -0.3 is 15.5 Å². The molecule has 2 unspecified atom stereocenters. The minimum atomic E-state index is -0.508. The van der Waals surface area contributed by atoms with Crippen LogP contribution < -0.4 is 10.6 Å². The van der Waals surface area contributed by atoms with Crippen LogP contribution in [0.25, 0.3) is 0 Å². The molecule has 2 fully saturated rings. The smallest absolute Gasteiger partial charge is 0.324 e. The fourth-order valence-corrected chi connectivity index (χ4v) is 4.01. The standard InChI is InChI=1S/C15H20N4O4S/c20-14(17-10-3-1-7-16-9-10)11-4-2-8-18(11)15(21)12-5-6-13(24-12)19(22)23/h5-6,10-11,16H,1-4,7-9H2,(H,17,20). The molecule has 1 aromatic heterocycles. The second kappa shape index (κ2) is 7.27.